The Balaban J connectivity index is 3.35. The molecule has 0 unspecified atom stereocenters. The molecule has 0 bridgehead atoms. The average molecular weight is 175 g/mol. The van der Waals surface area contributed by atoms with Crippen molar-refractivity contribution in [2.45, 2.75) is 0 Å². The lowest BCUT2D eigenvalue weighted by molar-refractivity contribution is 0.112. The van der Waals surface area contributed by atoms with E-state index in [-0.39, 0.29) is 10.6 Å². The maximum Gasteiger partial charge on any atom is 0.167 e. The highest BCUT2D eigenvalue weighted by atomic mass is 35.5. The molecule has 11 heavy (non-hydrogen) atoms. The highest BCUT2D eigenvalue weighted by Crippen LogP contribution is 2.23. The van der Waals surface area contributed by atoms with Crippen LogP contribution in [0.15, 0.2) is 12.1 Å². The molecule has 0 fully saturated rings. The van der Waals surface area contributed by atoms with Crippen molar-refractivity contribution < 1.29 is 14.3 Å². The number of aromatic hydroxyl groups is 1. The molecule has 4 heteroatoms. The molecule has 0 aliphatic carbocycles. The van der Waals surface area contributed by atoms with Crippen molar-refractivity contribution in [1.82, 2.24) is 0 Å². The third-order valence-electron chi connectivity index (χ3n) is 1.18. The minimum absolute atomic E-state index is 0.0856. The van der Waals surface area contributed by atoms with Crippen LogP contribution in [0.5, 0.6) is 5.75 Å². The number of hydrogen-bond donors (Lipinski definition) is 1. The minimum atomic E-state index is -0.889. The minimum Gasteiger partial charge on any atom is -0.504 e. The second-order valence-electron chi connectivity index (χ2n) is 1.94. The van der Waals surface area contributed by atoms with E-state index in [9.17, 15) is 9.18 Å². The molecule has 0 aliphatic rings. The first-order chi connectivity index (χ1) is 5.15. The van der Waals surface area contributed by atoms with Gasteiger partial charge in [0.15, 0.2) is 17.9 Å². The summed E-state index contributed by atoms with van der Waals surface area (Å²) < 4.78 is 12.5. The van der Waals surface area contributed by atoms with Gasteiger partial charge in [-0.15, -0.1) is 0 Å². The van der Waals surface area contributed by atoms with Crippen LogP contribution < -0.4 is 0 Å². The van der Waals surface area contributed by atoms with Crippen molar-refractivity contribution in [3.63, 3.8) is 0 Å². The number of carbonyl (C=O) groups is 1. The van der Waals surface area contributed by atoms with Gasteiger partial charge < -0.3 is 5.11 Å². The predicted octanol–water partition coefficient (Wildman–Crippen LogP) is 2.00. The zero-order valence-corrected chi connectivity index (χ0v) is 6.10. The molecule has 0 aliphatic heterocycles. The van der Waals surface area contributed by atoms with Crippen LogP contribution in [0.4, 0.5) is 4.39 Å². The lowest BCUT2D eigenvalue weighted by Crippen LogP contribution is -1.85. The van der Waals surface area contributed by atoms with Crippen LogP contribution in [0.2, 0.25) is 5.02 Å². The molecule has 0 saturated carbocycles. The molecular formula is C7H4ClFO2. The Labute approximate surface area is 67.2 Å². The Morgan fingerprint density at radius 3 is 2.73 bits per heavy atom. The summed E-state index contributed by atoms with van der Waals surface area (Å²) in [6.45, 7) is 0. The average Bonchev–Trinajstić information content (AvgIpc) is 1.96. The van der Waals surface area contributed by atoms with Gasteiger partial charge in [-0.05, 0) is 12.1 Å². The number of phenols is 1. The van der Waals surface area contributed by atoms with Gasteiger partial charge >= 0.3 is 0 Å². The molecule has 1 N–H and O–H groups in total. The van der Waals surface area contributed by atoms with Crippen molar-refractivity contribution in [1.29, 1.82) is 0 Å². The van der Waals surface area contributed by atoms with E-state index in [1.54, 1.807) is 0 Å². The predicted molar refractivity (Wildman–Crippen MR) is 38.5 cm³/mol. The molecule has 2 nitrogen and oxygen atoms in total. The van der Waals surface area contributed by atoms with Crippen LogP contribution in [0, 0.1) is 5.82 Å². The maximum absolute atomic E-state index is 12.5. The SMILES string of the molecule is O=Cc1cc(Cl)cc(F)c1O. The number of rotatable bonds is 1. The highest BCUT2D eigenvalue weighted by Gasteiger charge is 2.07. The fourth-order valence-electron chi connectivity index (χ4n) is 0.676. The number of halogens is 2. The maximum atomic E-state index is 12.5. The third-order valence-corrected chi connectivity index (χ3v) is 1.40. The van der Waals surface area contributed by atoms with Crippen molar-refractivity contribution in [3.05, 3.63) is 28.5 Å². The standard InChI is InChI=1S/C7H4ClFO2/c8-5-1-4(3-10)7(11)6(9)2-5/h1-3,11H. The summed E-state index contributed by atoms with van der Waals surface area (Å²) >= 11 is 5.39. The topological polar surface area (TPSA) is 37.3 Å². The molecule has 1 aromatic rings. The van der Waals surface area contributed by atoms with E-state index in [0.717, 1.165) is 6.07 Å². The zero-order valence-electron chi connectivity index (χ0n) is 5.34. The van der Waals surface area contributed by atoms with Crippen LogP contribution in [-0.4, -0.2) is 11.4 Å². The highest BCUT2D eigenvalue weighted by molar-refractivity contribution is 6.30. The summed E-state index contributed by atoms with van der Waals surface area (Å²) in [5.74, 6) is -1.55. The van der Waals surface area contributed by atoms with Gasteiger partial charge in [-0.3, -0.25) is 4.79 Å². The number of aldehydes is 1. The molecule has 0 radical (unpaired) electrons. The largest absolute Gasteiger partial charge is 0.504 e. The number of carbonyl (C=O) groups excluding carboxylic acids is 1. The van der Waals surface area contributed by atoms with E-state index in [2.05, 4.69) is 0 Å². The molecule has 58 valence electrons. The second-order valence-corrected chi connectivity index (χ2v) is 2.38. The van der Waals surface area contributed by atoms with Crippen LogP contribution in [0.25, 0.3) is 0 Å². The Kier molecular flexibility index (Phi) is 2.10. The number of hydrogen-bond acceptors (Lipinski definition) is 2. The summed E-state index contributed by atoms with van der Waals surface area (Å²) in [4.78, 5) is 10.1. The van der Waals surface area contributed by atoms with Gasteiger partial charge in [0, 0.05) is 5.02 Å². The first-order valence-electron chi connectivity index (χ1n) is 2.78. The quantitative estimate of drug-likeness (QED) is 0.662. The molecule has 0 heterocycles. The van der Waals surface area contributed by atoms with E-state index in [0.29, 0.717) is 6.29 Å². The van der Waals surface area contributed by atoms with Crippen molar-refractivity contribution in [3.8, 4) is 5.75 Å². The number of benzene rings is 1. The van der Waals surface area contributed by atoms with Gasteiger partial charge in [0.1, 0.15) is 0 Å². The molecule has 0 atom stereocenters. The first kappa shape index (κ1) is 8.01. The molecule has 0 aromatic heterocycles. The lowest BCUT2D eigenvalue weighted by atomic mass is 10.2. The summed E-state index contributed by atoms with van der Waals surface area (Å²) in [6.07, 6.45) is 0.338. The van der Waals surface area contributed by atoms with Gasteiger partial charge in [-0.2, -0.15) is 0 Å². The van der Waals surface area contributed by atoms with Gasteiger partial charge in [0.2, 0.25) is 0 Å². The van der Waals surface area contributed by atoms with Gasteiger partial charge in [0.05, 0.1) is 5.56 Å². The molecular weight excluding hydrogens is 171 g/mol. The van der Waals surface area contributed by atoms with E-state index >= 15 is 0 Å². The summed E-state index contributed by atoms with van der Waals surface area (Å²) in [6, 6.07) is 2.12. The summed E-state index contributed by atoms with van der Waals surface area (Å²) in [5.41, 5.74) is -0.144. The van der Waals surface area contributed by atoms with Crippen LogP contribution >= 0.6 is 11.6 Å². The van der Waals surface area contributed by atoms with E-state index in [1.165, 1.54) is 6.07 Å². The van der Waals surface area contributed by atoms with Crippen LogP contribution in [0.3, 0.4) is 0 Å². The molecule has 0 spiro atoms. The third kappa shape index (κ3) is 1.49. The zero-order chi connectivity index (χ0) is 8.43. The summed E-state index contributed by atoms with van der Waals surface area (Å²) in [5, 5.41) is 8.94. The van der Waals surface area contributed by atoms with Gasteiger partial charge in [0.25, 0.3) is 0 Å². The summed E-state index contributed by atoms with van der Waals surface area (Å²) in [7, 11) is 0. The molecule has 1 aromatic carbocycles. The normalized spacial score (nSPS) is 9.64. The fourth-order valence-corrected chi connectivity index (χ4v) is 0.889. The Hall–Kier alpha value is -1.09. The van der Waals surface area contributed by atoms with Crippen molar-refractivity contribution >= 4 is 17.9 Å². The van der Waals surface area contributed by atoms with Crippen LogP contribution in [-0.2, 0) is 0 Å². The van der Waals surface area contributed by atoms with E-state index in [4.69, 9.17) is 16.7 Å². The fraction of sp³-hybridized carbons (Fsp3) is 0. The molecule has 0 amide bonds. The number of phenolic OH excluding ortho intramolecular Hbond substituents is 1. The van der Waals surface area contributed by atoms with Crippen LogP contribution in [0.1, 0.15) is 10.4 Å². The van der Waals surface area contributed by atoms with E-state index in [1.807, 2.05) is 0 Å². The van der Waals surface area contributed by atoms with Crippen molar-refractivity contribution in [2.24, 2.45) is 0 Å². The Morgan fingerprint density at radius 2 is 2.18 bits per heavy atom. The van der Waals surface area contributed by atoms with Crippen molar-refractivity contribution in [2.75, 3.05) is 0 Å². The van der Waals surface area contributed by atoms with Gasteiger partial charge in [-0.1, -0.05) is 11.6 Å². The van der Waals surface area contributed by atoms with Gasteiger partial charge in [-0.25, -0.2) is 4.39 Å². The monoisotopic (exact) mass is 174 g/mol. The molecule has 0 saturated heterocycles. The first-order valence-corrected chi connectivity index (χ1v) is 3.16. The van der Waals surface area contributed by atoms with E-state index < -0.39 is 11.6 Å². The smallest absolute Gasteiger partial charge is 0.167 e. The Morgan fingerprint density at radius 1 is 1.55 bits per heavy atom. The molecule has 1 rings (SSSR count). The second kappa shape index (κ2) is 2.88. The lowest BCUT2D eigenvalue weighted by Gasteiger charge is -1.98. The Bertz CT molecular complexity index is 299.